The van der Waals surface area contributed by atoms with Crippen LogP contribution in [0.3, 0.4) is 0 Å². The molecule has 0 aliphatic carbocycles. The van der Waals surface area contributed by atoms with Crippen LogP contribution in [0.5, 0.6) is 11.5 Å². The van der Waals surface area contributed by atoms with E-state index < -0.39 is 23.1 Å². The van der Waals surface area contributed by atoms with E-state index in [-0.39, 0.29) is 24.0 Å². The maximum atomic E-state index is 11.7. The predicted molar refractivity (Wildman–Crippen MR) is 114 cm³/mol. The summed E-state index contributed by atoms with van der Waals surface area (Å²) in [5.74, 6) is -0.650. The third-order valence-corrected chi connectivity index (χ3v) is 5.17. The summed E-state index contributed by atoms with van der Waals surface area (Å²) in [6.45, 7) is 0.0723. The number of ether oxygens (including phenoxy) is 3. The van der Waals surface area contributed by atoms with Gasteiger partial charge in [-0.25, -0.2) is 4.79 Å². The summed E-state index contributed by atoms with van der Waals surface area (Å²) in [6, 6.07) is 8.18. The van der Waals surface area contributed by atoms with Gasteiger partial charge in [-0.2, -0.15) is 5.10 Å². The number of thioether (sulfide) groups is 1. The Balaban J connectivity index is 1.61. The number of carbonyl (C=O) groups is 3. The molecule has 2 N–H and O–H groups in total. The first-order chi connectivity index (χ1) is 15.4. The van der Waals surface area contributed by atoms with Gasteiger partial charge in [-0.15, -0.1) is 5.10 Å². The van der Waals surface area contributed by atoms with Gasteiger partial charge in [0.15, 0.2) is 16.7 Å². The summed E-state index contributed by atoms with van der Waals surface area (Å²) < 4.78 is 21.0. The van der Waals surface area contributed by atoms with Crippen molar-refractivity contribution in [1.82, 2.24) is 5.32 Å². The molecule has 1 aliphatic heterocycles. The third kappa shape index (κ3) is 5.88. The molecule has 2 heterocycles. The molecule has 0 bridgehead atoms. The highest BCUT2D eigenvalue weighted by Gasteiger charge is 2.32. The van der Waals surface area contributed by atoms with Crippen molar-refractivity contribution >= 4 is 41.0 Å². The summed E-state index contributed by atoms with van der Waals surface area (Å²) >= 11 is 1.01. The lowest BCUT2D eigenvalue weighted by Crippen LogP contribution is -2.26. The Bertz CT molecular complexity index is 1080. The molecule has 0 radical (unpaired) electrons. The molecule has 1 saturated heterocycles. The largest absolute Gasteiger partial charge is 0.493 e. The van der Waals surface area contributed by atoms with Gasteiger partial charge in [0, 0.05) is 0 Å². The summed E-state index contributed by atoms with van der Waals surface area (Å²) in [7, 11) is 2.75. The Kier molecular flexibility index (Phi) is 7.49. The van der Waals surface area contributed by atoms with Gasteiger partial charge >= 0.3 is 11.9 Å². The minimum atomic E-state index is -1.06. The highest BCUT2D eigenvalue weighted by molar-refractivity contribution is 8.15. The quantitative estimate of drug-likeness (QED) is 0.325. The van der Waals surface area contributed by atoms with Crippen LogP contribution in [0.2, 0.25) is 0 Å². The average Bonchev–Trinajstić information content (AvgIpc) is 3.38. The summed E-state index contributed by atoms with van der Waals surface area (Å²) in [6.07, 6.45) is 1.16. The number of furan rings is 1. The van der Waals surface area contributed by atoms with Crippen molar-refractivity contribution in [1.29, 1.82) is 0 Å². The number of nitrogens with one attached hydrogen (secondary N) is 1. The number of carbonyl (C=O) groups excluding carboxylic acids is 2. The van der Waals surface area contributed by atoms with Crippen LogP contribution in [-0.2, 0) is 20.9 Å². The number of aliphatic carboxylic acids is 1. The van der Waals surface area contributed by atoms with E-state index in [2.05, 4.69) is 20.3 Å². The predicted octanol–water partition coefficient (Wildman–Crippen LogP) is 2.05. The molecule has 1 atom stereocenters. The Labute approximate surface area is 186 Å². The molecule has 32 heavy (non-hydrogen) atoms. The fraction of sp³-hybridized carbons (Fsp3) is 0.250. The van der Waals surface area contributed by atoms with Gasteiger partial charge < -0.3 is 29.1 Å². The second kappa shape index (κ2) is 10.5. The molecule has 1 aromatic carbocycles. The summed E-state index contributed by atoms with van der Waals surface area (Å²) in [5, 5.41) is 18.6. The number of methoxy groups -OCH3 is 2. The van der Waals surface area contributed by atoms with Crippen LogP contribution in [0, 0.1) is 0 Å². The molecule has 12 heteroatoms. The number of hydrogen-bond donors (Lipinski definition) is 2. The third-order valence-electron chi connectivity index (χ3n) is 4.10. The van der Waals surface area contributed by atoms with Gasteiger partial charge in [0.05, 0.1) is 26.9 Å². The molecule has 1 fully saturated rings. The number of nitrogens with zero attached hydrogens (tertiary/aromatic N) is 2. The zero-order valence-corrected chi connectivity index (χ0v) is 17.9. The van der Waals surface area contributed by atoms with Crippen LogP contribution in [0.4, 0.5) is 0 Å². The van der Waals surface area contributed by atoms with Crippen LogP contribution >= 0.6 is 11.8 Å². The number of rotatable bonds is 9. The Morgan fingerprint density at radius 1 is 1.25 bits per heavy atom. The smallest absolute Gasteiger partial charge is 0.373 e. The number of benzene rings is 1. The lowest BCUT2D eigenvalue weighted by atomic mass is 10.2. The molecule has 2 aromatic rings. The van der Waals surface area contributed by atoms with Gasteiger partial charge in [0.2, 0.25) is 11.7 Å². The number of amidine groups is 1. The average molecular weight is 461 g/mol. The van der Waals surface area contributed by atoms with Crippen molar-refractivity contribution in [2.45, 2.75) is 18.3 Å². The highest BCUT2D eigenvalue weighted by Crippen LogP contribution is 2.29. The molecule has 168 valence electrons. The van der Waals surface area contributed by atoms with Crippen LogP contribution in [0.25, 0.3) is 0 Å². The fourth-order valence-electron chi connectivity index (χ4n) is 2.59. The molecule has 1 aliphatic rings. The van der Waals surface area contributed by atoms with Crippen LogP contribution in [0.15, 0.2) is 45.0 Å². The molecule has 1 amide bonds. The van der Waals surface area contributed by atoms with Crippen molar-refractivity contribution in [3.63, 3.8) is 0 Å². The van der Waals surface area contributed by atoms with Crippen molar-refractivity contribution < 1.29 is 38.1 Å². The van der Waals surface area contributed by atoms with Crippen LogP contribution in [-0.4, -0.2) is 53.8 Å². The molecular weight excluding hydrogens is 442 g/mol. The lowest BCUT2D eigenvalue weighted by Gasteiger charge is -2.10. The lowest BCUT2D eigenvalue weighted by molar-refractivity contribution is -0.138. The Hall–Kier alpha value is -3.80. The molecule has 3 rings (SSSR count). The second-order valence-electron chi connectivity index (χ2n) is 6.30. The van der Waals surface area contributed by atoms with Gasteiger partial charge in [-0.1, -0.05) is 11.8 Å². The summed E-state index contributed by atoms with van der Waals surface area (Å²) in [4.78, 5) is 33.9. The minimum Gasteiger partial charge on any atom is -0.493 e. The number of hydrogen-bond acceptors (Lipinski definition) is 10. The van der Waals surface area contributed by atoms with Crippen molar-refractivity contribution in [3.8, 4) is 11.5 Å². The van der Waals surface area contributed by atoms with E-state index >= 15 is 0 Å². The first kappa shape index (κ1) is 22.9. The van der Waals surface area contributed by atoms with Crippen molar-refractivity contribution in [3.05, 3.63) is 47.4 Å². The molecule has 1 unspecified atom stereocenters. The van der Waals surface area contributed by atoms with Crippen molar-refractivity contribution in [2.75, 3.05) is 14.2 Å². The monoisotopic (exact) mass is 461 g/mol. The van der Waals surface area contributed by atoms with E-state index in [0.29, 0.717) is 22.8 Å². The number of carboxylic acids is 1. The molecule has 11 nitrogen and oxygen atoms in total. The second-order valence-corrected chi connectivity index (χ2v) is 7.49. The van der Waals surface area contributed by atoms with E-state index in [1.54, 1.807) is 24.3 Å². The number of amides is 1. The normalized spacial score (nSPS) is 16.9. The van der Waals surface area contributed by atoms with Crippen LogP contribution in [0.1, 0.15) is 28.3 Å². The minimum absolute atomic E-state index is 0.0723. The number of esters is 1. The maximum Gasteiger partial charge on any atom is 0.373 e. The zero-order valence-electron chi connectivity index (χ0n) is 17.1. The van der Waals surface area contributed by atoms with E-state index in [1.807, 2.05) is 0 Å². The van der Waals surface area contributed by atoms with E-state index in [4.69, 9.17) is 19.0 Å². The van der Waals surface area contributed by atoms with Gasteiger partial charge in [0.25, 0.3) is 0 Å². The zero-order chi connectivity index (χ0) is 23.1. The molecule has 1 aromatic heterocycles. The van der Waals surface area contributed by atoms with Gasteiger partial charge in [0.1, 0.15) is 17.6 Å². The topological polar surface area (TPSA) is 149 Å². The maximum absolute atomic E-state index is 11.7. The summed E-state index contributed by atoms with van der Waals surface area (Å²) in [5.41, 5.74) is 0.654. The SMILES string of the molecule is COC(=O)c1ccc(COc2ccc(C=NN=C3NC(=O)C(CC(=O)O)S3)cc2OC)o1. The van der Waals surface area contributed by atoms with Crippen LogP contribution < -0.4 is 14.8 Å². The number of carboxylic acid groups (broad SMARTS) is 1. The van der Waals surface area contributed by atoms with E-state index in [9.17, 15) is 14.4 Å². The van der Waals surface area contributed by atoms with Crippen molar-refractivity contribution in [2.24, 2.45) is 10.2 Å². The Morgan fingerprint density at radius 3 is 2.78 bits per heavy atom. The van der Waals surface area contributed by atoms with Gasteiger partial charge in [-0.05, 0) is 35.9 Å². The van der Waals surface area contributed by atoms with E-state index in [1.165, 1.54) is 26.5 Å². The molecule has 0 spiro atoms. The standard InChI is InChI=1S/C20H19N3O8S/c1-28-15-7-11(9-21-23-20-22-18(26)16(32-20)8-17(24)25)3-5-13(15)30-10-12-4-6-14(31-12)19(27)29-2/h3-7,9,16H,8,10H2,1-2H3,(H,24,25)(H,22,23,26). The first-order valence-electron chi connectivity index (χ1n) is 9.17. The van der Waals surface area contributed by atoms with E-state index in [0.717, 1.165) is 11.8 Å². The molecule has 0 saturated carbocycles. The fourth-order valence-corrected chi connectivity index (χ4v) is 3.51. The van der Waals surface area contributed by atoms with Gasteiger partial charge in [-0.3, -0.25) is 9.59 Å². The highest BCUT2D eigenvalue weighted by atomic mass is 32.2. The Morgan fingerprint density at radius 2 is 2.06 bits per heavy atom. The first-order valence-corrected chi connectivity index (χ1v) is 10.1. The molecular formula is C20H19N3O8S.